The van der Waals surface area contributed by atoms with Crippen LogP contribution in [-0.2, 0) is 10.1 Å². The fourth-order valence-electron chi connectivity index (χ4n) is 1.98. The van der Waals surface area contributed by atoms with Crippen LogP contribution >= 0.6 is 15.9 Å². The molecule has 102 valence electrons. The summed E-state index contributed by atoms with van der Waals surface area (Å²) in [6.45, 7) is 1.15. The normalized spacial score (nSPS) is 10.9. The van der Waals surface area contributed by atoms with Gasteiger partial charge in [-0.1, -0.05) is 28.1 Å². The summed E-state index contributed by atoms with van der Waals surface area (Å²) in [6, 6.07) is 8.91. The van der Waals surface area contributed by atoms with Crippen LogP contribution in [0.4, 0.5) is 4.39 Å². The lowest BCUT2D eigenvalue weighted by Gasteiger charge is -2.11. The molecule has 0 unspecified atom stereocenters. The van der Waals surface area contributed by atoms with Crippen molar-refractivity contribution in [2.45, 2.75) is 11.8 Å². The molecule has 0 saturated carbocycles. The summed E-state index contributed by atoms with van der Waals surface area (Å²) in [5.74, 6) is 0.349. The number of alkyl halides is 1. The van der Waals surface area contributed by atoms with Gasteiger partial charge in [-0.3, -0.25) is 0 Å². The highest BCUT2D eigenvalue weighted by atomic mass is 79.9. The van der Waals surface area contributed by atoms with Crippen LogP contribution in [0.15, 0.2) is 30.3 Å². The second-order valence-electron chi connectivity index (χ2n) is 4.26. The van der Waals surface area contributed by atoms with E-state index in [1.165, 1.54) is 6.07 Å². The average Bonchev–Trinajstić information content (AvgIpc) is 2.43. The molecule has 0 amide bonds. The predicted octanol–water partition coefficient (Wildman–Crippen LogP) is 4.29. The lowest BCUT2D eigenvalue weighted by atomic mass is 10.1. The van der Waals surface area contributed by atoms with Gasteiger partial charge >= 0.3 is 0 Å². The summed E-state index contributed by atoms with van der Waals surface area (Å²) < 4.78 is 24.6. The standard InChI is InChI=1S/C15H16BrFO2/c1-18-6-3-7-19-14-9-11(10-16)8-12-4-2-5-13(17)15(12)14/h2,4-5,8-9H,3,6-7,10H2,1H3. The van der Waals surface area contributed by atoms with Crippen molar-refractivity contribution in [2.75, 3.05) is 20.3 Å². The monoisotopic (exact) mass is 326 g/mol. The van der Waals surface area contributed by atoms with E-state index >= 15 is 0 Å². The zero-order chi connectivity index (χ0) is 13.7. The van der Waals surface area contributed by atoms with E-state index in [-0.39, 0.29) is 5.82 Å². The number of rotatable bonds is 6. The van der Waals surface area contributed by atoms with Crippen molar-refractivity contribution < 1.29 is 13.9 Å². The van der Waals surface area contributed by atoms with Crippen LogP contribution in [0.1, 0.15) is 12.0 Å². The molecule has 0 atom stereocenters. The van der Waals surface area contributed by atoms with Crippen molar-refractivity contribution in [1.82, 2.24) is 0 Å². The smallest absolute Gasteiger partial charge is 0.134 e. The minimum absolute atomic E-state index is 0.250. The fourth-order valence-corrected chi connectivity index (χ4v) is 2.30. The quantitative estimate of drug-likeness (QED) is 0.582. The van der Waals surface area contributed by atoms with Gasteiger partial charge in [0.15, 0.2) is 0 Å². The van der Waals surface area contributed by atoms with Crippen LogP contribution in [0, 0.1) is 5.82 Å². The zero-order valence-electron chi connectivity index (χ0n) is 10.8. The first-order valence-corrected chi connectivity index (χ1v) is 7.27. The summed E-state index contributed by atoms with van der Waals surface area (Å²) in [5, 5.41) is 2.12. The first kappa shape index (κ1) is 14.3. The number of halogens is 2. The van der Waals surface area contributed by atoms with Gasteiger partial charge in [-0.05, 0) is 29.1 Å². The number of fused-ring (bicyclic) bond motifs is 1. The molecular weight excluding hydrogens is 311 g/mol. The topological polar surface area (TPSA) is 18.5 Å². The Kier molecular flexibility index (Phi) is 5.16. The summed E-state index contributed by atoms with van der Waals surface area (Å²) >= 11 is 3.42. The van der Waals surface area contributed by atoms with Gasteiger partial charge in [0.2, 0.25) is 0 Å². The Bertz CT molecular complexity index is 557. The van der Waals surface area contributed by atoms with Crippen LogP contribution in [0.2, 0.25) is 0 Å². The molecule has 19 heavy (non-hydrogen) atoms. The number of benzene rings is 2. The molecule has 2 nitrogen and oxygen atoms in total. The number of methoxy groups -OCH3 is 1. The second kappa shape index (κ2) is 6.87. The molecule has 0 aliphatic carbocycles. The summed E-state index contributed by atoms with van der Waals surface area (Å²) in [7, 11) is 1.65. The lowest BCUT2D eigenvalue weighted by molar-refractivity contribution is 0.172. The van der Waals surface area contributed by atoms with Crippen molar-refractivity contribution in [3.63, 3.8) is 0 Å². The Labute approximate surface area is 120 Å². The maximum Gasteiger partial charge on any atom is 0.134 e. The molecular formula is C15H16BrFO2. The summed E-state index contributed by atoms with van der Waals surface area (Å²) in [4.78, 5) is 0. The molecule has 2 rings (SSSR count). The molecule has 0 spiro atoms. The number of ether oxygens (including phenoxy) is 2. The molecule has 0 aromatic heterocycles. The molecule has 0 heterocycles. The SMILES string of the molecule is COCCCOc1cc(CBr)cc2cccc(F)c12. The van der Waals surface area contributed by atoms with E-state index in [2.05, 4.69) is 15.9 Å². The highest BCUT2D eigenvalue weighted by Crippen LogP contribution is 2.31. The van der Waals surface area contributed by atoms with E-state index < -0.39 is 0 Å². The Balaban J connectivity index is 2.33. The highest BCUT2D eigenvalue weighted by molar-refractivity contribution is 9.08. The van der Waals surface area contributed by atoms with Crippen molar-refractivity contribution >= 4 is 26.7 Å². The Morgan fingerprint density at radius 1 is 1.21 bits per heavy atom. The maximum absolute atomic E-state index is 13.9. The second-order valence-corrected chi connectivity index (χ2v) is 4.82. The van der Waals surface area contributed by atoms with Crippen LogP contribution in [-0.4, -0.2) is 20.3 Å². The van der Waals surface area contributed by atoms with Gasteiger partial charge in [-0.25, -0.2) is 4.39 Å². The molecule has 4 heteroatoms. The number of hydrogen-bond donors (Lipinski definition) is 0. The predicted molar refractivity (Wildman–Crippen MR) is 78.5 cm³/mol. The first-order chi connectivity index (χ1) is 9.26. The van der Waals surface area contributed by atoms with Gasteiger partial charge in [0, 0.05) is 25.5 Å². The van der Waals surface area contributed by atoms with Crippen LogP contribution in [0.3, 0.4) is 0 Å². The number of hydrogen-bond acceptors (Lipinski definition) is 2. The molecule has 0 bridgehead atoms. The van der Waals surface area contributed by atoms with Gasteiger partial charge in [0.1, 0.15) is 11.6 Å². The van der Waals surface area contributed by atoms with Crippen molar-refractivity contribution in [2.24, 2.45) is 0 Å². The third kappa shape index (κ3) is 3.45. The maximum atomic E-state index is 13.9. The van der Waals surface area contributed by atoms with E-state index in [4.69, 9.17) is 9.47 Å². The molecule has 2 aromatic carbocycles. The molecule has 0 aliphatic rings. The highest BCUT2D eigenvalue weighted by Gasteiger charge is 2.09. The molecule has 0 aliphatic heterocycles. The van der Waals surface area contributed by atoms with E-state index in [1.807, 2.05) is 18.2 Å². The lowest BCUT2D eigenvalue weighted by Crippen LogP contribution is -2.02. The third-order valence-corrected chi connectivity index (χ3v) is 3.50. The van der Waals surface area contributed by atoms with Crippen molar-refractivity contribution in [1.29, 1.82) is 0 Å². The average molecular weight is 327 g/mol. The van der Waals surface area contributed by atoms with Crippen LogP contribution < -0.4 is 4.74 Å². The first-order valence-electron chi connectivity index (χ1n) is 6.15. The summed E-state index contributed by atoms with van der Waals surface area (Å²) in [6.07, 6.45) is 0.783. The minimum Gasteiger partial charge on any atom is -0.493 e. The van der Waals surface area contributed by atoms with Gasteiger partial charge in [0.25, 0.3) is 0 Å². The van der Waals surface area contributed by atoms with Crippen LogP contribution in [0.25, 0.3) is 10.8 Å². The zero-order valence-corrected chi connectivity index (χ0v) is 12.4. The Morgan fingerprint density at radius 2 is 2.05 bits per heavy atom. The minimum atomic E-state index is -0.250. The fraction of sp³-hybridized carbons (Fsp3) is 0.333. The van der Waals surface area contributed by atoms with Gasteiger partial charge < -0.3 is 9.47 Å². The van der Waals surface area contributed by atoms with Crippen molar-refractivity contribution in [3.05, 3.63) is 41.7 Å². The largest absolute Gasteiger partial charge is 0.493 e. The van der Waals surface area contributed by atoms with E-state index in [1.54, 1.807) is 13.2 Å². The molecule has 0 saturated heterocycles. The van der Waals surface area contributed by atoms with E-state index in [0.29, 0.717) is 29.7 Å². The molecule has 0 radical (unpaired) electrons. The molecule has 0 N–H and O–H groups in total. The van der Waals surface area contributed by atoms with Gasteiger partial charge in [-0.15, -0.1) is 0 Å². The van der Waals surface area contributed by atoms with Crippen molar-refractivity contribution in [3.8, 4) is 5.75 Å². The third-order valence-electron chi connectivity index (χ3n) is 2.85. The Morgan fingerprint density at radius 3 is 2.79 bits per heavy atom. The van der Waals surface area contributed by atoms with E-state index in [0.717, 1.165) is 17.4 Å². The van der Waals surface area contributed by atoms with Gasteiger partial charge in [0.05, 0.1) is 12.0 Å². The summed E-state index contributed by atoms with van der Waals surface area (Å²) in [5.41, 5.74) is 1.07. The van der Waals surface area contributed by atoms with Gasteiger partial charge in [-0.2, -0.15) is 0 Å². The molecule has 2 aromatic rings. The van der Waals surface area contributed by atoms with Crippen LogP contribution in [0.5, 0.6) is 5.75 Å². The Hall–Kier alpha value is -1.13. The van der Waals surface area contributed by atoms with E-state index in [9.17, 15) is 4.39 Å². The molecule has 0 fully saturated rings.